The molecule has 160 valence electrons. The normalized spacial score (nSPS) is 14.8. The predicted octanol–water partition coefficient (Wildman–Crippen LogP) is 5.80. The van der Waals surface area contributed by atoms with Gasteiger partial charge in [-0.2, -0.15) is 0 Å². The summed E-state index contributed by atoms with van der Waals surface area (Å²) in [7, 11) is 0. The lowest BCUT2D eigenvalue weighted by Gasteiger charge is -2.19. The van der Waals surface area contributed by atoms with Crippen LogP contribution in [-0.4, -0.2) is 23.2 Å². The van der Waals surface area contributed by atoms with Gasteiger partial charge in [0.25, 0.3) is 5.91 Å². The number of carbonyl (C=O) groups is 2. The summed E-state index contributed by atoms with van der Waals surface area (Å²) >= 11 is 2.78. The average Bonchev–Trinajstić information content (AvgIpc) is 3.58. The van der Waals surface area contributed by atoms with Crippen LogP contribution in [-0.2, 0) is 6.42 Å². The molecule has 0 fully saturated rings. The van der Waals surface area contributed by atoms with Crippen molar-refractivity contribution in [3.63, 3.8) is 0 Å². The molecule has 0 aliphatic carbocycles. The van der Waals surface area contributed by atoms with E-state index in [1.165, 1.54) is 28.2 Å². The summed E-state index contributed by atoms with van der Waals surface area (Å²) in [6.07, 6.45) is 0.910. The Kier molecular flexibility index (Phi) is 5.83. The van der Waals surface area contributed by atoms with Gasteiger partial charge in [0.15, 0.2) is 5.13 Å². The fraction of sp³-hybridized carbons (Fsp3) is 0.160. The summed E-state index contributed by atoms with van der Waals surface area (Å²) in [6, 6.07) is 21.1. The highest BCUT2D eigenvalue weighted by Gasteiger charge is 2.35. The number of rotatable bonds is 7. The lowest BCUT2D eigenvalue weighted by atomic mass is 10.1. The van der Waals surface area contributed by atoms with Crippen molar-refractivity contribution in [1.29, 1.82) is 0 Å². The summed E-state index contributed by atoms with van der Waals surface area (Å²) in [6.45, 7) is 0.540. The van der Waals surface area contributed by atoms with E-state index >= 15 is 0 Å². The number of carbonyl (C=O) groups excluding carboxylic acids is 2. The first-order chi connectivity index (χ1) is 15.7. The monoisotopic (exact) mass is 460 g/mol. The maximum atomic E-state index is 13.2. The smallest absolute Gasteiger partial charge is 0.270 e. The molecule has 7 heteroatoms. The molecule has 2 aromatic heterocycles. The Morgan fingerprint density at radius 3 is 2.59 bits per heavy atom. The number of ketones is 1. The number of hydrogen-bond acceptors (Lipinski definition) is 6. The predicted molar refractivity (Wildman–Crippen MR) is 127 cm³/mol. The lowest BCUT2D eigenvalue weighted by Crippen LogP contribution is -2.31. The van der Waals surface area contributed by atoms with Crippen LogP contribution in [0.2, 0.25) is 0 Å². The Labute approximate surface area is 193 Å². The van der Waals surface area contributed by atoms with E-state index in [1.54, 1.807) is 17.0 Å². The van der Waals surface area contributed by atoms with Gasteiger partial charge in [0, 0.05) is 11.9 Å². The van der Waals surface area contributed by atoms with E-state index < -0.39 is 6.10 Å². The first-order valence-corrected chi connectivity index (χ1v) is 12.1. The molecule has 1 aliphatic rings. The number of anilines is 1. The third kappa shape index (κ3) is 4.09. The maximum Gasteiger partial charge on any atom is 0.270 e. The second kappa shape index (κ2) is 9.06. The van der Waals surface area contributed by atoms with Crippen molar-refractivity contribution >= 4 is 39.5 Å². The number of amides is 1. The van der Waals surface area contributed by atoms with Gasteiger partial charge in [-0.3, -0.25) is 14.5 Å². The molecule has 0 saturated carbocycles. The first kappa shape index (κ1) is 20.6. The Morgan fingerprint density at radius 1 is 1.00 bits per heavy atom. The topological polar surface area (TPSA) is 59.5 Å². The number of thiazole rings is 1. The van der Waals surface area contributed by atoms with Gasteiger partial charge in [-0.25, -0.2) is 4.98 Å². The van der Waals surface area contributed by atoms with Gasteiger partial charge in [-0.15, -0.1) is 22.7 Å². The highest BCUT2D eigenvalue weighted by atomic mass is 32.1. The van der Waals surface area contributed by atoms with E-state index in [1.807, 2.05) is 53.2 Å². The largest absolute Gasteiger partial charge is 0.475 e. The van der Waals surface area contributed by atoms with Gasteiger partial charge in [-0.1, -0.05) is 48.5 Å². The third-order valence-corrected chi connectivity index (χ3v) is 7.05. The van der Waals surface area contributed by atoms with Crippen molar-refractivity contribution in [2.75, 3.05) is 11.4 Å². The zero-order chi connectivity index (χ0) is 21.9. The van der Waals surface area contributed by atoms with Crippen LogP contribution in [0.1, 0.15) is 43.8 Å². The van der Waals surface area contributed by atoms with Crippen molar-refractivity contribution < 1.29 is 14.3 Å². The van der Waals surface area contributed by atoms with Gasteiger partial charge in [-0.05, 0) is 42.0 Å². The maximum absolute atomic E-state index is 13.2. The number of aromatic nitrogens is 1. The highest BCUT2D eigenvalue weighted by Crippen LogP contribution is 2.38. The number of para-hydroxylation sites is 1. The van der Waals surface area contributed by atoms with Crippen LogP contribution < -0.4 is 9.64 Å². The number of nitrogens with zero attached hydrogens (tertiary/aromatic N) is 2. The Morgan fingerprint density at radius 2 is 1.81 bits per heavy atom. The van der Waals surface area contributed by atoms with Gasteiger partial charge in [0.1, 0.15) is 11.4 Å². The SMILES string of the molecule is O=C1c2ccccc2OC1c1csc(N(CCCc2ccccc2)C(=O)c2cccs2)n1. The second-order valence-corrected chi connectivity index (χ2v) is 9.22. The van der Waals surface area contributed by atoms with E-state index in [0.29, 0.717) is 33.6 Å². The summed E-state index contributed by atoms with van der Waals surface area (Å²) in [5.74, 6) is 0.403. The molecular weight excluding hydrogens is 440 g/mol. The van der Waals surface area contributed by atoms with Crippen LogP contribution in [0, 0.1) is 0 Å². The van der Waals surface area contributed by atoms with Gasteiger partial charge < -0.3 is 4.74 Å². The summed E-state index contributed by atoms with van der Waals surface area (Å²) in [5, 5.41) is 4.29. The van der Waals surface area contributed by atoms with Crippen LogP contribution in [0.4, 0.5) is 5.13 Å². The fourth-order valence-electron chi connectivity index (χ4n) is 3.71. The molecule has 1 atom stereocenters. The number of ether oxygens (including phenoxy) is 1. The average molecular weight is 461 g/mol. The second-order valence-electron chi connectivity index (χ2n) is 7.44. The standard InChI is InChI=1S/C25H20N2O3S2/c28-22-18-11-4-5-12-20(18)30-23(22)19-16-32-25(26-19)27(24(29)21-13-7-15-31-21)14-6-10-17-8-2-1-3-9-17/h1-5,7-9,11-13,15-16,23H,6,10,14H2. The van der Waals surface area contributed by atoms with Gasteiger partial charge >= 0.3 is 0 Å². The molecule has 1 amide bonds. The van der Waals surface area contributed by atoms with Crippen molar-refractivity contribution in [3.05, 3.63) is 99.2 Å². The molecule has 1 aliphatic heterocycles. The van der Waals surface area contributed by atoms with Crippen LogP contribution in [0.25, 0.3) is 0 Å². The van der Waals surface area contributed by atoms with Crippen molar-refractivity contribution in [1.82, 2.24) is 4.98 Å². The molecule has 3 heterocycles. The molecule has 5 nitrogen and oxygen atoms in total. The van der Waals surface area contributed by atoms with Crippen molar-refractivity contribution in [2.45, 2.75) is 18.9 Å². The van der Waals surface area contributed by atoms with E-state index in [2.05, 4.69) is 17.1 Å². The van der Waals surface area contributed by atoms with E-state index in [-0.39, 0.29) is 11.7 Å². The minimum absolute atomic E-state index is 0.0732. The number of benzene rings is 2. The number of Topliss-reactive ketones (excluding diaryl/α,β-unsaturated/α-hetero) is 1. The zero-order valence-electron chi connectivity index (χ0n) is 17.1. The molecular formula is C25H20N2O3S2. The van der Waals surface area contributed by atoms with Crippen LogP contribution in [0.5, 0.6) is 5.75 Å². The Balaban J connectivity index is 1.36. The summed E-state index contributed by atoms with van der Waals surface area (Å²) in [5.41, 5.74) is 2.35. The van der Waals surface area contributed by atoms with Crippen LogP contribution in [0.15, 0.2) is 77.5 Å². The van der Waals surface area contributed by atoms with Crippen molar-refractivity contribution in [3.8, 4) is 5.75 Å². The van der Waals surface area contributed by atoms with Crippen LogP contribution in [0.3, 0.4) is 0 Å². The Hall–Kier alpha value is -3.29. The molecule has 0 spiro atoms. The summed E-state index contributed by atoms with van der Waals surface area (Å²) in [4.78, 5) is 33.1. The van der Waals surface area contributed by atoms with Crippen LogP contribution >= 0.6 is 22.7 Å². The minimum atomic E-state index is -0.764. The number of hydrogen-bond donors (Lipinski definition) is 0. The van der Waals surface area contributed by atoms with Crippen molar-refractivity contribution in [2.24, 2.45) is 0 Å². The molecule has 1 unspecified atom stereocenters. The number of fused-ring (bicyclic) bond motifs is 1. The molecule has 2 aromatic carbocycles. The van der Waals surface area contributed by atoms with E-state index in [0.717, 1.165) is 12.8 Å². The highest BCUT2D eigenvalue weighted by molar-refractivity contribution is 7.14. The van der Waals surface area contributed by atoms with Gasteiger partial charge in [0.2, 0.25) is 11.9 Å². The molecule has 0 radical (unpaired) electrons. The molecule has 0 bridgehead atoms. The number of thiophene rings is 1. The first-order valence-electron chi connectivity index (χ1n) is 10.4. The number of aryl methyl sites for hydroxylation is 1. The van der Waals surface area contributed by atoms with Gasteiger partial charge in [0.05, 0.1) is 10.4 Å². The Bertz CT molecular complexity index is 1240. The quantitative estimate of drug-likeness (QED) is 0.350. The third-order valence-electron chi connectivity index (χ3n) is 5.31. The fourth-order valence-corrected chi connectivity index (χ4v) is 5.25. The molecule has 5 rings (SSSR count). The molecule has 0 N–H and O–H groups in total. The molecule has 4 aromatic rings. The lowest BCUT2D eigenvalue weighted by molar-refractivity contribution is 0.0854. The zero-order valence-corrected chi connectivity index (χ0v) is 18.8. The summed E-state index contributed by atoms with van der Waals surface area (Å²) < 4.78 is 5.86. The van der Waals surface area contributed by atoms with E-state index in [4.69, 9.17) is 4.74 Å². The molecule has 0 saturated heterocycles. The van der Waals surface area contributed by atoms with E-state index in [9.17, 15) is 9.59 Å². The molecule has 32 heavy (non-hydrogen) atoms. The minimum Gasteiger partial charge on any atom is -0.475 e.